The number of hydrogen-bond donors (Lipinski definition) is 1. The standard InChI is InChI=1S/C17H24N2O3/c1-12(2)18(11-13(3)20)9-6-10-19-16(21)14-7-4-5-8-15(14)17(19)22/h4-5,7-8,12-13,20H,6,9-11H2,1-3H3. The predicted octanol–water partition coefficient (Wildman–Crippen LogP) is 1.76. The Hall–Kier alpha value is -1.72. The molecule has 1 aromatic carbocycles. The second-order valence-electron chi connectivity index (χ2n) is 6.10. The van der Waals surface area contributed by atoms with Gasteiger partial charge in [0.25, 0.3) is 11.8 Å². The van der Waals surface area contributed by atoms with E-state index < -0.39 is 0 Å². The van der Waals surface area contributed by atoms with E-state index in [1.807, 2.05) is 0 Å². The van der Waals surface area contributed by atoms with Crippen LogP contribution in [0, 0.1) is 0 Å². The Morgan fingerprint density at radius 1 is 1.09 bits per heavy atom. The highest BCUT2D eigenvalue weighted by atomic mass is 16.3. The zero-order valence-corrected chi connectivity index (χ0v) is 13.5. The normalized spacial score (nSPS) is 15.8. The number of aliphatic hydroxyl groups excluding tert-OH is 1. The van der Waals surface area contributed by atoms with Crippen LogP contribution in [0.3, 0.4) is 0 Å². The van der Waals surface area contributed by atoms with E-state index in [1.54, 1.807) is 31.2 Å². The van der Waals surface area contributed by atoms with Crippen molar-refractivity contribution in [3.63, 3.8) is 0 Å². The summed E-state index contributed by atoms with van der Waals surface area (Å²) < 4.78 is 0. The van der Waals surface area contributed by atoms with Crippen LogP contribution in [0.2, 0.25) is 0 Å². The van der Waals surface area contributed by atoms with Gasteiger partial charge in [0.1, 0.15) is 0 Å². The number of carbonyl (C=O) groups is 2. The molecule has 0 saturated carbocycles. The van der Waals surface area contributed by atoms with Crippen molar-refractivity contribution in [2.45, 2.75) is 39.3 Å². The fourth-order valence-corrected chi connectivity index (χ4v) is 2.77. The fourth-order valence-electron chi connectivity index (χ4n) is 2.77. The molecule has 1 aromatic rings. The summed E-state index contributed by atoms with van der Waals surface area (Å²) in [6.07, 6.45) is 0.317. The highest BCUT2D eigenvalue weighted by Crippen LogP contribution is 2.22. The van der Waals surface area contributed by atoms with Gasteiger partial charge in [-0.1, -0.05) is 12.1 Å². The Morgan fingerprint density at radius 3 is 2.09 bits per heavy atom. The third kappa shape index (κ3) is 3.54. The lowest BCUT2D eigenvalue weighted by Gasteiger charge is -2.28. The van der Waals surface area contributed by atoms with Gasteiger partial charge >= 0.3 is 0 Å². The summed E-state index contributed by atoms with van der Waals surface area (Å²) in [5.41, 5.74) is 0.995. The number of carbonyl (C=O) groups excluding carboxylic acids is 2. The molecular formula is C17H24N2O3. The molecule has 2 rings (SSSR count). The summed E-state index contributed by atoms with van der Waals surface area (Å²) in [5, 5.41) is 9.52. The minimum Gasteiger partial charge on any atom is -0.392 e. The predicted molar refractivity (Wildman–Crippen MR) is 84.8 cm³/mol. The van der Waals surface area contributed by atoms with Gasteiger partial charge in [-0.15, -0.1) is 0 Å². The van der Waals surface area contributed by atoms with Gasteiger partial charge in [0.2, 0.25) is 0 Å². The van der Waals surface area contributed by atoms with Gasteiger partial charge in [-0.2, -0.15) is 0 Å². The Kier molecular flexibility index (Phi) is 5.32. The number of amides is 2. The molecule has 1 unspecified atom stereocenters. The van der Waals surface area contributed by atoms with Gasteiger partial charge in [-0.05, 0) is 39.3 Å². The van der Waals surface area contributed by atoms with Crippen molar-refractivity contribution in [1.82, 2.24) is 9.80 Å². The Balaban J connectivity index is 1.93. The first-order chi connectivity index (χ1) is 10.4. The molecule has 0 saturated heterocycles. The van der Waals surface area contributed by atoms with Crippen LogP contribution >= 0.6 is 0 Å². The summed E-state index contributed by atoms with van der Waals surface area (Å²) >= 11 is 0. The molecule has 1 heterocycles. The van der Waals surface area contributed by atoms with Crippen LogP contribution in [0.15, 0.2) is 24.3 Å². The molecule has 0 fully saturated rings. The van der Waals surface area contributed by atoms with Gasteiger partial charge < -0.3 is 5.11 Å². The molecule has 1 N–H and O–H groups in total. The van der Waals surface area contributed by atoms with E-state index >= 15 is 0 Å². The second kappa shape index (κ2) is 7.03. The van der Waals surface area contributed by atoms with E-state index in [4.69, 9.17) is 0 Å². The van der Waals surface area contributed by atoms with E-state index in [1.165, 1.54) is 4.90 Å². The molecule has 0 radical (unpaired) electrons. The van der Waals surface area contributed by atoms with Gasteiger partial charge in [0.15, 0.2) is 0 Å². The van der Waals surface area contributed by atoms with Crippen molar-refractivity contribution < 1.29 is 14.7 Å². The average molecular weight is 304 g/mol. The molecule has 1 aliphatic heterocycles. The SMILES string of the molecule is CC(O)CN(CCCN1C(=O)c2ccccc2C1=O)C(C)C. The van der Waals surface area contributed by atoms with Crippen molar-refractivity contribution in [2.24, 2.45) is 0 Å². The molecule has 5 nitrogen and oxygen atoms in total. The zero-order chi connectivity index (χ0) is 16.3. The minimum atomic E-state index is -0.387. The van der Waals surface area contributed by atoms with Crippen molar-refractivity contribution in [3.05, 3.63) is 35.4 Å². The lowest BCUT2D eigenvalue weighted by Crippen LogP contribution is -2.39. The smallest absolute Gasteiger partial charge is 0.261 e. The van der Waals surface area contributed by atoms with Crippen LogP contribution in [0.4, 0.5) is 0 Å². The van der Waals surface area contributed by atoms with Crippen LogP contribution in [0.5, 0.6) is 0 Å². The molecule has 1 atom stereocenters. The summed E-state index contributed by atoms with van der Waals surface area (Å²) in [7, 11) is 0. The number of nitrogens with zero attached hydrogens (tertiary/aromatic N) is 2. The van der Waals surface area contributed by atoms with E-state index in [0.29, 0.717) is 36.7 Å². The van der Waals surface area contributed by atoms with Crippen molar-refractivity contribution >= 4 is 11.8 Å². The summed E-state index contributed by atoms with van der Waals surface area (Å²) in [6.45, 7) is 7.67. The van der Waals surface area contributed by atoms with Crippen LogP contribution < -0.4 is 0 Å². The first kappa shape index (κ1) is 16.6. The van der Waals surface area contributed by atoms with E-state index in [0.717, 1.165) is 6.54 Å². The van der Waals surface area contributed by atoms with Crippen molar-refractivity contribution in [2.75, 3.05) is 19.6 Å². The Morgan fingerprint density at radius 2 is 1.64 bits per heavy atom. The Labute approximate surface area is 131 Å². The van der Waals surface area contributed by atoms with Crippen LogP contribution in [-0.2, 0) is 0 Å². The number of aliphatic hydroxyl groups is 1. The van der Waals surface area contributed by atoms with E-state index in [-0.39, 0.29) is 17.9 Å². The maximum absolute atomic E-state index is 12.2. The first-order valence-electron chi connectivity index (χ1n) is 7.79. The van der Waals surface area contributed by atoms with Crippen molar-refractivity contribution in [1.29, 1.82) is 0 Å². The molecule has 120 valence electrons. The fraction of sp³-hybridized carbons (Fsp3) is 0.529. The van der Waals surface area contributed by atoms with Gasteiger partial charge in [0.05, 0.1) is 17.2 Å². The molecular weight excluding hydrogens is 280 g/mol. The minimum absolute atomic E-state index is 0.202. The van der Waals surface area contributed by atoms with E-state index in [2.05, 4.69) is 18.7 Å². The highest BCUT2D eigenvalue weighted by molar-refractivity contribution is 6.21. The lowest BCUT2D eigenvalue weighted by molar-refractivity contribution is 0.0634. The third-order valence-corrected chi connectivity index (χ3v) is 3.93. The quantitative estimate of drug-likeness (QED) is 0.780. The molecule has 22 heavy (non-hydrogen) atoms. The number of hydrogen-bond acceptors (Lipinski definition) is 4. The third-order valence-electron chi connectivity index (χ3n) is 3.93. The molecule has 0 spiro atoms. The highest BCUT2D eigenvalue weighted by Gasteiger charge is 2.34. The molecule has 1 aliphatic rings. The van der Waals surface area contributed by atoms with Crippen LogP contribution in [-0.4, -0.2) is 58.5 Å². The van der Waals surface area contributed by atoms with Gasteiger partial charge in [-0.3, -0.25) is 19.4 Å². The van der Waals surface area contributed by atoms with Crippen LogP contribution in [0.25, 0.3) is 0 Å². The second-order valence-corrected chi connectivity index (χ2v) is 6.10. The zero-order valence-electron chi connectivity index (χ0n) is 13.5. The van der Waals surface area contributed by atoms with Crippen molar-refractivity contribution in [3.8, 4) is 0 Å². The van der Waals surface area contributed by atoms with E-state index in [9.17, 15) is 14.7 Å². The summed E-state index contributed by atoms with van der Waals surface area (Å²) in [6, 6.07) is 7.26. The van der Waals surface area contributed by atoms with Gasteiger partial charge in [-0.25, -0.2) is 0 Å². The number of fused-ring (bicyclic) bond motifs is 1. The first-order valence-corrected chi connectivity index (χ1v) is 7.79. The topological polar surface area (TPSA) is 60.9 Å². The number of rotatable bonds is 7. The average Bonchev–Trinajstić information content (AvgIpc) is 2.71. The summed E-state index contributed by atoms with van der Waals surface area (Å²) in [5.74, 6) is -0.403. The molecule has 0 aliphatic carbocycles. The molecule has 0 bridgehead atoms. The number of imide groups is 1. The Bertz CT molecular complexity index is 520. The molecule has 5 heteroatoms. The van der Waals surface area contributed by atoms with Gasteiger partial charge in [0, 0.05) is 25.7 Å². The maximum atomic E-state index is 12.2. The maximum Gasteiger partial charge on any atom is 0.261 e. The number of benzene rings is 1. The molecule has 0 aromatic heterocycles. The lowest BCUT2D eigenvalue weighted by atomic mass is 10.1. The van der Waals surface area contributed by atoms with Crippen LogP contribution in [0.1, 0.15) is 47.9 Å². The largest absolute Gasteiger partial charge is 0.392 e. The summed E-state index contributed by atoms with van der Waals surface area (Å²) in [4.78, 5) is 28.0. The molecule has 2 amide bonds. The monoisotopic (exact) mass is 304 g/mol.